The van der Waals surface area contributed by atoms with E-state index < -0.39 is 11.6 Å². The van der Waals surface area contributed by atoms with Gasteiger partial charge in [0.15, 0.2) is 5.96 Å². The predicted molar refractivity (Wildman–Crippen MR) is 93.0 cm³/mol. The van der Waals surface area contributed by atoms with Crippen LogP contribution in [0.3, 0.4) is 0 Å². The van der Waals surface area contributed by atoms with E-state index in [0.29, 0.717) is 12.5 Å². The number of carbonyl (C=O) groups excluding carboxylic acids is 1. The molecule has 1 aromatic carbocycles. The number of guanidine groups is 1. The summed E-state index contributed by atoms with van der Waals surface area (Å²) in [6.07, 6.45) is 1.71. The summed E-state index contributed by atoms with van der Waals surface area (Å²) in [6, 6.07) is 3.56. The molecule has 0 atom stereocenters. The molecule has 8 heteroatoms. The van der Waals surface area contributed by atoms with Crippen LogP contribution in [0.15, 0.2) is 23.2 Å². The van der Waals surface area contributed by atoms with Gasteiger partial charge in [0.1, 0.15) is 11.6 Å². The first kappa shape index (κ1) is 19.1. The second-order valence-corrected chi connectivity index (χ2v) is 6.09. The molecule has 1 amide bonds. The molecule has 1 fully saturated rings. The average molecular weight is 353 g/mol. The number of amides is 1. The van der Waals surface area contributed by atoms with Gasteiger partial charge in [-0.2, -0.15) is 0 Å². The molecule has 1 aromatic rings. The molecule has 6 nitrogen and oxygen atoms in total. The van der Waals surface area contributed by atoms with Gasteiger partial charge in [0.2, 0.25) is 5.91 Å². The lowest BCUT2D eigenvalue weighted by Crippen LogP contribution is -2.49. The summed E-state index contributed by atoms with van der Waals surface area (Å²) in [6.45, 7) is 4.49. The zero-order chi connectivity index (χ0) is 18.2. The van der Waals surface area contributed by atoms with Crippen molar-refractivity contribution in [2.75, 3.05) is 26.2 Å². The van der Waals surface area contributed by atoms with Gasteiger partial charge in [-0.3, -0.25) is 9.69 Å². The van der Waals surface area contributed by atoms with Gasteiger partial charge in [0.05, 0.1) is 13.1 Å². The number of nitrogens with one attached hydrogen (secondary N) is 2. The van der Waals surface area contributed by atoms with Crippen molar-refractivity contribution in [2.24, 2.45) is 10.7 Å². The van der Waals surface area contributed by atoms with Crippen molar-refractivity contribution in [3.8, 4) is 0 Å². The van der Waals surface area contributed by atoms with Gasteiger partial charge in [-0.05, 0) is 38.0 Å². The second-order valence-electron chi connectivity index (χ2n) is 6.09. The summed E-state index contributed by atoms with van der Waals surface area (Å²) in [5, 5.41) is 6.43. The van der Waals surface area contributed by atoms with Crippen LogP contribution in [0.1, 0.15) is 25.3 Å². The van der Waals surface area contributed by atoms with Crippen molar-refractivity contribution in [1.82, 2.24) is 15.5 Å². The molecule has 0 radical (unpaired) electrons. The second kappa shape index (κ2) is 9.31. The Kier molecular flexibility index (Phi) is 7.12. The summed E-state index contributed by atoms with van der Waals surface area (Å²) in [4.78, 5) is 17.3. The van der Waals surface area contributed by atoms with E-state index in [2.05, 4.69) is 15.6 Å². The van der Waals surface area contributed by atoms with Gasteiger partial charge >= 0.3 is 0 Å². The number of nitrogens with zero attached hydrogens (tertiary/aromatic N) is 2. The molecule has 0 aromatic heterocycles. The zero-order valence-electron chi connectivity index (χ0n) is 14.4. The standard InChI is InChI=1S/C17H25F2N5O/c1-2-21-17(22-10-12-9-13(18)3-4-15(12)19)23-14-5-7-24(8-6-14)11-16(20)25/h3-4,9,14H,2,5-8,10-11H2,1H3,(H2,20,25)(H2,21,22,23). The van der Waals surface area contributed by atoms with E-state index in [1.165, 1.54) is 0 Å². The van der Waals surface area contributed by atoms with E-state index in [-0.39, 0.29) is 30.6 Å². The third-order valence-electron chi connectivity index (χ3n) is 4.07. The minimum atomic E-state index is -0.480. The molecule has 0 spiro atoms. The summed E-state index contributed by atoms with van der Waals surface area (Å²) in [5.41, 5.74) is 5.43. The smallest absolute Gasteiger partial charge is 0.231 e. The molecule has 0 unspecified atom stereocenters. The topological polar surface area (TPSA) is 82.8 Å². The zero-order valence-corrected chi connectivity index (χ0v) is 14.4. The Bertz CT molecular complexity index is 615. The fraction of sp³-hybridized carbons (Fsp3) is 0.529. The van der Waals surface area contributed by atoms with Crippen molar-refractivity contribution < 1.29 is 13.6 Å². The van der Waals surface area contributed by atoms with Crippen LogP contribution in [-0.4, -0.2) is 49.0 Å². The number of primary amides is 1. The Morgan fingerprint density at radius 3 is 2.72 bits per heavy atom. The van der Waals surface area contributed by atoms with E-state index in [1.54, 1.807) is 0 Å². The maximum absolute atomic E-state index is 13.7. The number of aliphatic imine (C=N–C) groups is 1. The highest BCUT2D eigenvalue weighted by atomic mass is 19.1. The van der Waals surface area contributed by atoms with Crippen LogP contribution in [-0.2, 0) is 11.3 Å². The van der Waals surface area contributed by atoms with E-state index in [1.807, 2.05) is 11.8 Å². The number of hydrogen-bond acceptors (Lipinski definition) is 3. The molecule has 25 heavy (non-hydrogen) atoms. The quantitative estimate of drug-likeness (QED) is 0.526. The average Bonchev–Trinajstić information content (AvgIpc) is 2.57. The first-order valence-electron chi connectivity index (χ1n) is 8.47. The molecule has 1 saturated heterocycles. The summed E-state index contributed by atoms with van der Waals surface area (Å²) < 4.78 is 26.9. The summed E-state index contributed by atoms with van der Waals surface area (Å²) in [7, 11) is 0. The lowest BCUT2D eigenvalue weighted by Gasteiger charge is -2.32. The predicted octanol–water partition coefficient (Wildman–Crippen LogP) is 0.970. The number of nitrogens with two attached hydrogens (primary N) is 1. The highest BCUT2D eigenvalue weighted by Gasteiger charge is 2.20. The largest absolute Gasteiger partial charge is 0.369 e. The van der Waals surface area contributed by atoms with Gasteiger partial charge in [-0.15, -0.1) is 0 Å². The molecular formula is C17H25F2N5O. The van der Waals surface area contributed by atoms with E-state index in [0.717, 1.165) is 44.1 Å². The minimum Gasteiger partial charge on any atom is -0.369 e. The third kappa shape index (κ3) is 6.30. The molecular weight excluding hydrogens is 328 g/mol. The molecule has 138 valence electrons. The molecule has 0 saturated carbocycles. The van der Waals surface area contributed by atoms with Gasteiger partial charge in [-0.1, -0.05) is 0 Å². The lowest BCUT2D eigenvalue weighted by atomic mass is 10.1. The van der Waals surface area contributed by atoms with Crippen molar-refractivity contribution >= 4 is 11.9 Å². The fourth-order valence-electron chi connectivity index (χ4n) is 2.80. The first-order valence-corrected chi connectivity index (χ1v) is 8.47. The van der Waals surface area contributed by atoms with Crippen molar-refractivity contribution in [1.29, 1.82) is 0 Å². The SMILES string of the molecule is CCNC(=NCc1cc(F)ccc1F)NC1CCN(CC(N)=O)CC1. The van der Waals surface area contributed by atoms with Crippen LogP contribution >= 0.6 is 0 Å². The molecule has 4 N–H and O–H groups in total. The summed E-state index contributed by atoms with van der Waals surface area (Å²) in [5.74, 6) is -0.704. The Labute approximate surface area is 146 Å². The van der Waals surface area contributed by atoms with Crippen LogP contribution in [0, 0.1) is 11.6 Å². The van der Waals surface area contributed by atoms with Crippen LogP contribution in [0.25, 0.3) is 0 Å². The fourth-order valence-corrected chi connectivity index (χ4v) is 2.80. The van der Waals surface area contributed by atoms with E-state index in [4.69, 9.17) is 5.73 Å². The van der Waals surface area contributed by atoms with Crippen LogP contribution in [0.2, 0.25) is 0 Å². The van der Waals surface area contributed by atoms with Crippen LogP contribution in [0.5, 0.6) is 0 Å². The lowest BCUT2D eigenvalue weighted by molar-refractivity contribution is -0.119. The number of carbonyl (C=O) groups is 1. The monoisotopic (exact) mass is 353 g/mol. The molecule has 1 aliphatic rings. The first-order chi connectivity index (χ1) is 12.0. The molecule has 0 aliphatic carbocycles. The van der Waals surface area contributed by atoms with Gasteiger partial charge in [0, 0.05) is 31.2 Å². The maximum Gasteiger partial charge on any atom is 0.231 e. The molecule has 1 heterocycles. The maximum atomic E-state index is 13.7. The number of rotatable bonds is 6. The van der Waals surface area contributed by atoms with Crippen molar-refractivity contribution in [2.45, 2.75) is 32.4 Å². The van der Waals surface area contributed by atoms with Crippen molar-refractivity contribution in [3.63, 3.8) is 0 Å². The van der Waals surface area contributed by atoms with Gasteiger partial charge < -0.3 is 16.4 Å². The third-order valence-corrected chi connectivity index (χ3v) is 4.07. The Balaban J connectivity index is 1.92. The van der Waals surface area contributed by atoms with Gasteiger partial charge in [0.25, 0.3) is 0 Å². The van der Waals surface area contributed by atoms with Crippen molar-refractivity contribution in [3.05, 3.63) is 35.4 Å². The normalized spacial score (nSPS) is 16.7. The Morgan fingerprint density at radius 1 is 1.36 bits per heavy atom. The van der Waals surface area contributed by atoms with Crippen LogP contribution < -0.4 is 16.4 Å². The highest BCUT2D eigenvalue weighted by Crippen LogP contribution is 2.12. The Morgan fingerprint density at radius 2 is 2.08 bits per heavy atom. The number of halogens is 2. The Hall–Kier alpha value is -2.22. The van der Waals surface area contributed by atoms with E-state index >= 15 is 0 Å². The number of piperidine rings is 1. The number of benzene rings is 1. The van der Waals surface area contributed by atoms with Gasteiger partial charge in [-0.25, -0.2) is 13.8 Å². The van der Waals surface area contributed by atoms with E-state index in [9.17, 15) is 13.6 Å². The molecule has 2 rings (SSSR count). The minimum absolute atomic E-state index is 0.0550. The molecule has 0 bridgehead atoms. The summed E-state index contributed by atoms with van der Waals surface area (Å²) >= 11 is 0. The van der Waals surface area contributed by atoms with Crippen LogP contribution in [0.4, 0.5) is 8.78 Å². The number of hydrogen-bond donors (Lipinski definition) is 3. The highest BCUT2D eigenvalue weighted by molar-refractivity contribution is 5.80. The molecule has 1 aliphatic heterocycles. The number of likely N-dealkylation sites (tertiary alicyclic amines) is 1.